The Balaban J connectivity index is 2.20. The summed E-state index contributed by atoms with van der Waals surface area (Å²) in [5.74, 6) is -1.80. The molecular formula is C16H20BrNO3. The van der Waals surface area contributed by atoms with Crippen LogP contribution in [-0.4, -0.2) is 17.0 Å². The monoisotopic (exact) mass is 353 g/mol. The van der Waals surface area contributed by atoms with Crippen molar-refractivity contribution in [1.82, 2.24) is 0 Å². The maximum atomic E-state index is 12.5. The molecule has 3 unspecified atom stereocenters. The maximum Gasteiger partial charge on any atom is 0.307 e. The Labute approximate surface area is 133 Å². The lowest BCUT2D eigenvalue weighted by atomic mass is 9.95. The summed E-state index contributed by atoms with van der Waals surface area (Å²) in [6.45, 7) is 5.86. The standard InChI is InChI=1S/C16H20BrNO3/c1-8-4-12(13(5-8)16(20)21)15(19)18-14-9(2)6-11(17)7-10(14)3/h6-8,12-13H,4-5H2,1-3H3,(H,18,19)(H,20,21). The van der Waals surface area contributed by atoms with E-state index in [9.17, 15) is 14.7 Å². The molecule has 1 aromatic carbocycles. The topological polar surface area (TPSA) is 66.4 Å². The Hall–Kier alpha value is -1.36. The number of hydrogen-bond donors (Lipinski definition) is 2. The van der Waals surface area contributed by atoms with Crippen molar-refractivity contribution in [2.75, 3.05) is 5.32 Å². The molecule has 2 N–H and O–H groups in total. The fourth-order valence-electron chi connectivity index (χ4n) is 3.18. The number of carbonyl (C=O) groups excluding carboxylic acids is 1. The number of carboxylic acids is 1. The lowest BCUT2D eigenvalue weighted by Crippen LogP contribution is -2.30. The van der Waals surface area contributed by atoms with Crippen LogP contribution in [0.4, 0.5) is 5.69 Å². The van der Waals surface area contributed by atoms with E-state index in [1.54, 1.807) is 0 Å². The van der Waals surface area contributed by atoms with Crippen molar-refractivity contribution in [1.29, 1.82) is 0 Å². The summed E-state index contributed by atoms with van der Waals surface area (Å²) in [6.07, 6.45) is 1.21. The van der Waals surface area contributed by atoms with Gasteiger partial charge in [-0.25, -0.2) is 0 Å². The van der Waals surface area contributed by atoms with Crippen LogP contribution in [0.15, 0.2) is 16.6 Å². The van der Waals surface area contributed by atoms with E-state index in [1.807, 2.05) is 32.9 Å². The third-order valence-electron chi connectivity index (χ3n) is 4.20. The fraction of sp³-hybridized carbons (Fsp3) is 0.500. The molecule has 5 heteroatoms. The van der Waals surface area contributed by atoms with E-state index in [0.29, 0.717) is 12.8 Å². The van der Waals surface area contributed by atoms with Crippen LogP contribution in [0.5, 0.6) is 0 Å². The van der Waals surface area contributed by atoms with Gasteiger partial charge in [-0.3, -0.25) is 9.59 Å². The Bertz CT molecular complexity index is 562. The zero-order chi connectivity index (χ0) is 15.7. The molecule has 2 rings (SSSR count). The van der Waals surface area contributed by atoms with E-state index in [0.717, 1.165) is 21.3 Å². The van der Waals surface area contributed by atoms with Crippen LogP contribution < -0.4 is 5.32 Å². The minimum absolute atomic E-state index is 0.180. The van der Waals surface area contributed by atoms with Crippen molar-refractivity contribution in [2.45, 2.75) is 33.6 Å². The van der Waals surface area contributed by atoms with Crippen molar-refractivity contribution in [3.63, 3.8) is 0 Å². The minimum atomic E-state index is -0.872. The van der Waals surface area contributed by atoms with E-state index < -0.39 is 17.8 Å². The molecule has 0 saturated heterocycles. The zero-order valence-corrected chi connectivity index (χ0v) is 14.0. The van der Waals surface area contributed by atoms with Gasteiger partial charge in [0.05, 0.1) is 11.8 Å². The first-order valence-electron chi connectivity index (χ1n) is 7.10. The van der Waals surface area contributed by atoms with E-state index in [-0.39, 0.29) is 11.8 Å². The molecule has 0 heterocycles. The Morgan fingerprint density at radius 2 is 1.71 bits per heavy atom. The zero-order valence-electron chi connectivity index (χ0n) is 12.4. The number of halogens is 1. The summed E-state index contributed by atoms with van der Waals surface area (Å²) < 4.78 is 0.966. The van der Waals surface area contributed by atoms with Crippen LogP contribution in [0.3, 0.4) is 0 Å². The van der Waals surface area contributed by atoms with Gasteiger partial charge in [0.1, 0.15) is 0 Å². The SMILES string of the molecule is Cc1cc(Br)cc(C)c1NC(=O)C1CC(C)CC1C(=O)O. The molecule has 1 aliphatic rings. The Morgan fingerprint density at radius 3 is 2.24 bits per heavy atom. The molecule has 0 aromatic heterocycles. The number of aryl methyl sites for hydroxylation is 2. The largest absolute Gasteiger partial charge is 0.481 e. The average Bonchev–Trinajstić information content (AvgIpc) is 2.76. The first kappa shape index (κ1) is 16.0. The quantitative estimate of drug-likeness (QED) is 0.869. The summed E-state index contributed by atoms with van der Waals surface area (Å²) >= 11 is 3.43. The first-order valence-corrected chi connectivity index (χ1v) is 7.89. The molecule has 0 radical (unpaired) electrons. The van der Waals surface area contributed by atoms with Crippen molar-refractivity contribution >= 4 is 33.5 Å². The number of aliphatic carboxylic acids is 1. The number of amides is 1. The molecule has 21 heavy (non-hydrogen) atoms. The summed E-state index contributed by atoms with van der Waals surface area (Å²) in [5, 5.41) is 12.2. The van der Waals surface area contributed by atoms with Gasteiger partial charge in [0.15, 0.2) is 0 Å². The molecule has 114 valence electrons. The molecule has 1 saturated carbocycles. The summed E-state index contributed by atoms with van der Waals surface area (Å²) in [5.41, 5.74) is 2.72. The third kappa shape index (κ3) is 3.46. The molecule has 1 amide bonds. The first-order chi connectivity index (χ1) is 9.79. The van der Waals surface area contributed by atoms with E-state index in [2.05, 4.69) is 21.2 Å². The lowest BCUT2D eigenvalue weighted by Gasteiger charge is -2.18. The highest BCUT2D eigenvalue weighted by molar-refractivity contribution is 9.10. The summed E-state index contributed by atoms with van der Waals surface area (Å²) in [4.78, 5) is 23.8. The lowest BCUT2D eigenvalue weighted by molar-refractivity contribution is -0.145. The molecule has 0 aliphatic heterocycles. The van der Waals surface area contributed by atoms with Crippen molar-refractivity contribution in [3.05, 3.63) is 27.7 Å². The van der Waals surface area contributed by atoms with Crippen LogP contribution in [0.2, 0.25) is 0 Å². The Morgan fingerprint density at radius 1 is 1.19 bits per heavy atom. The highest BCUT2D eigenvalue weighted by atomic mass is 79.9. The van der Waals surface area contributed by atoms with Crippen LogP contribution in [0.25, 0.3) is 0 Å². The molecule has 0 bridgehead atoms. The van der Waals surface area contributed by atoms with Gasteiger partial charge in [0.25, 0.3) is 0 Å². The molecule has 1 aliphatic carbocycles. The van der Waals surface area contributed by atoms with Gasteiger partial charge in [-0.2, -0.15) is 0 Å². The maximum absolute atomic E-state index is 12.5. The smallest absolute Gasteiger partial charge is 0.307 e. The van der Waals surface area contributed by atoms with Gasteiger partial charge in [-0.05, 0) is 55.9 Å². The van der Waals surface area contributed by atoms with E-state index in [4.69, 9.17) is 0 Å². The molecule has 3 atom stereocenters. The number of hydrogen-bond acceptors (Lipinski definition) is 2. The highest BCUT2D eigenvalue weighted by Crippen LogP contribution is 2.37. The van der Waals surface area contributed by atoms with Crippen LogP contribution >= 0.6 is 15.9 Å². The van der Waals surface area contributed by atoms with Crippen LogP contribution in [-0.2, 0) is 9.59 Å². The van der Waals surface area contributed by atoms with Gasteiger partial charge in [0, 0.05) is 10.2 Å². The van der Waals surface area contributed by atoms with Crippen LogP contribution in [0.1, 0.15) is 30.9 Å². The number of carbonyl (C=O) groups is 2. The van der Waals surface area contributed by atoms with Gasteiger partial charge in [-0.15, -0.1) is 0 Å². The molecule has 0 spiro atoms. The van der Waals surface area contributed by atoms with Gasteiger partial charge < -0.3 is 10.4 Å². The van der Waals surface area contributed by atoms with E-state index >= 15 is 0 Å². The predicted molar refractivity (Wildman–Crippen MR) is 85.3 cm³/mol. The van der Waals surface area contributed by atoms with Crippen molar-refractivity contribution in [2.24, 2.45) is 17.8 Å². The Kier molecular flexibility index (Phi) is 4.71. The number of nitrogens with one attached hydrogen (secondary N) is 1. The normalized spacial score (nSPS) is 24.9. The second-order valence-electron chi connectivity index (χ2n) is 6.03. The van der Waals surface area contributed by atoms with Gasteiger partial charge >= 0.3 is 5.97 Å². The minimum Gasteiger partial charge on any atom is -0.481 e. The molecular weight excluding hydrogens is 334 g/mol. The van der Waals surface area contributed by atoms with Gasteiger partial charge in [0.2, 0.25) is 5.91 Å². The fourth-order valence-corrected chi connectivity index (χ4v) is 3.86. The third-order valence-corrected chi connectivity index (χ3v) is 4.66. The van der Waals surface area contributed by atoms with Crippen LogP contribution in [0, 0.1) is 31.6 Å². The number of rotatable bonds is 3. The summed E-state index contributed by atoms with van der Waals surface area (Å²) in [6, 6.07) is 3.88. The molecule has 1 aromatic rings. The summed E-state index contributed by atoms with van der Waals surface area (Å²) in [7, 11) is 0. The predicted octanol–water partition coefficient (Wildman–Crippen LogP) is 3.75. The van der Waals surface area contributed by atoms with Gasteiger partial charge in [-0.1, -0.05) is 22.9 Å². The second-order valence-corrected chi connectivity index (χ2v) is 6.95. The molecule has 4 nitrogen and oxygen atoms in total. The highest BCUT2D eigenvalue weighted by Gasteiger charge is 2.41. The van der Waals surface area contributed by atoms with E-state index in [1.165, 1.54) is 0 Å². The number of carboxylic acid groups (broad SMARTS) is 1. The van der Waals surface area contributed by atoms with Crippen molar-refractivity contribution < 1.29 is 14.7 Å². The van der Waals surface area contributed by atoms with Crippen molar-refractivity contribution in [3.8, 4) is 0 Å². The second kappa shape index (κ2) is 6.18. The number of anilines is 1. The average molecular weight is 354 g/mol. The number of benzene rings is 1. The molecule has 1 fully saturated rings.